The first kappa shape index (κ1) is 17.2. The van der Waals surface area contributed by atoms with Gasteiger partial charge in [-0.15, -0.1) is 0 Å². The fraction of sp³-hybridized carbons (Fsp3) is 0.526. The van der Waals surface area contributed by atoms with Gasteiger partial charge in [0.15, 0.2) is 6.39 Å². The first-order valence-electron chi connectivity index (χ1n) is 8.95. The highest BCUT2D eigenvalue weighted by Gasteiger charge is 2.53. The topological polar surface area (TPSA) is 71.7 Å². The van der Waals surface area contributed by atoms with Crippen LogP contribution in [-0.2, 0) is 11.3 Å². The fourth-order valence-electron chi connectivity index (χ4n) is 4.10. The molecule has 7 heteroatoms. The summed E-state index contributed by atoms with van der Waals surface area (Å²) in [6, 6.07) is 3.95. The number of rotatable bonds is 5. The summed E-state index contributed by atoms with van der Waals surface area (Å²) in [6.45, 7) is 5.63. The minimum absolute atomic E-state index is 0.0589. The summed E-state index contributed by atoms with van der Waals surface area (Å²) in [5.41, 5.74) is 1.87. The predicted molar refractivity (Wildman–Crippen MR) is 94.5 cm³/mol. The standard InChI is InChI=1S/C19H24N4O3/c1-14-17(26-13-21-14)18(24)23-11-19(12-23)7-16(8-22(19)2)10-25-9-15-3-5-20-6-4-15/h3-6,13,16H,7-12H2,1-2H3/t16-/m1/s1. The fourth-order valence-corrected chi connectivity index (χ4v) is 4.10. The summed E-state index contributed by atoms with van der Waals surface area (Å²) in [4.78, 5) is 24.8. The molecule has 2 fully saturated rings. The van der Waals surface area contributed by atoms with Gasteiger partial charge in [0.1, 0.15) is 0 Å². The Bertz CT molecular complexity index is 770. The molecule has 2 aliphatic rings. The number of hydrogen-bond acceptors (Lipinski definition) is 6. The summed E-state index contributed by atoms with van der Waals surface area (Å²) < 4.78 is 11.1. The minimum Gasteiger partial charge on any atom is -0.438 e. The van der Waals surface area contributed by atoms with E-state index in [1.807, 2.05) is 17.0 Å². The molecule has 0 aliphatic carbocycles. The van der Waals surface area contributed by atoms with Crippen LogP contribution in [0.5, 0.6) is 0 Å². The molecule has 7 nitrogen and oxygen atoms in total. The van der Waals surface area contributed by atoms with E-state index in [4.69, 9.17) is 9.15 Å². The third-order valence-corrected chi connectivity index (χ3v) is 5.58. The highest BCUT2D eigenvalue weighted by atomic mass is 16.5. The molecule has 1 spiro atoms. The van der Waals surface area contributed by atoms with Gasteiger partial charge in [0.05, 0.1) is 24.4 Å². The van der Waals surface area contributed by atoms with Crippen LogP contribution < -0.4 is 0 Å². The highest BCUT2D eigenvalue weighted by molar-refractivity contribution is 5.93. The summed E-state index contributed by atoms with van der Waals surface area (Å²) in [6.07, 6.45) is 5.95. The molecule has 0 N–H and O–H groups in total. The number of carbonyl (C=O) groups is 1. The van der Waals surface area contributed by atoms with E-state index in [-0.39, 0.29) is 11.4 Å². The molecule has 2 aromatic heterocycles. The number of carbonyl (C=O) groups excluding carboxylic acids is 1. The predicted octanol–water partition coefficient (Wildman–Crippen LogP) is 1.74. The van der Waals surface area contributed by atoms with Crippen molar-refractivity contribution in [2.24, 2.45) is 5.92 Å². The van der Waals surface area contributed by atoms with Gasteiger partial charge in [0.25, 0.3) is 5.91 Å². The lowest BCUT2D eigenvalue weighted by molar-refractivity contribution is -0.00991. The second kappa shape index (κ2) is 6.81. The van der Waals surface area contributed by atoms with E-state index >= 15 is 0 Å². The molecule has 2 aliphatic heterocycles. The van der Waals surface area contributed by atoms with Crippen molar-refractivity contribution in [2.45, 2.75) is 25.5 Å². The van der Waals surface area contributed by atoms with E-state index in [9.17, 15) is 4.79 Å². The Balaban J connectivity index is 1.28. The van der Waals surface area contributed by atoms with E-state index in [2.05, 4.69) is 21.9 Å². The number of likely N-dealkylation sites (tertiary alicyclic amines) is 2. The lowest BCUT2D eigenvalue weighted by atomic mass is 9.84. The summed E-state index contributed by atoms with van der Waals surface area (Å²) in [7, 11) is 2.14. The van der Waals surface area contributed by atoms with Crippen LogP contribution in [0.4, 0.5) is 0 Å². The number of ether oxygens (including phenoxy) is 1. The summed E-state index contributed by atoms with van der Waals surface area (Å²) in [5.74, 6) is 0.792. The lowest BCUT2D eigenvalue weighted by Gasteiger charge is -2.51. The maximum Gasteiger partial charge on any atom is 0.291 e. The van der Waals surface area contributed by atoms with E-state index < -0.39 is 0 Å². The number of nitrogens with zero attached hydrogens (tertiary/aromatic N) is 4. The molecule has 1 amide bonds. The van der Waals surface area contributed by atoms with Crippen LogP contribution in [0.3, 0.4) is 0 Å². The molecule has 0 radical (unpaired) electrons. The number of hydrogen-bond donors (Lipinski definition) is 0. The average Bonchev–Trinajstić information content (AvgIpc) is 3.17. The molecule has 0 aromatic carbocycles. The number of oxazole rings is 1. The van der Waals surface area contributed by atoms with Crippen LogP contribution in [0, 0.1) is 12.8 Å². The first-order chi connectivity index (χ1) is 12.6. The van der Waals surface area contributed by atoms with Gasteiger partial charge >= 0.3 is 0 Å². The van der Waals surface area contributed by atoms with Crippen molar-refractivity contribution < 1.29 is 13.9 Å². The van der Waals surface area contributed by atoms with E-state index in [1.54, 1.807) is 19.3 Å². The summed E-state index contributed by atoms with van der Waals surface area (Å²) in [5, 5.41) is 0. The van der Waals surface area contributed by atoms with Gasteiger partial charge in [-0.05, 0) is 44.0 Å². The van der Waals surface area contributed by atoms with Crippen molar-refractivity contribution in [3.05, 3.63) is 47.9 Å². The zero-order valence-electron chi connectivity index (χ0n) is 15.2. The largest absolute Gasteiger partial charge is 0.438 e. The van der Waals surface area contributed by atoms with Crippen LogP contribution in [0.25, 0.3) is 0 Å². The number of likely N-dealkylation sites (N-methyl/N-ethyl adjacent to an activating group) is 1. The van der Waals surface area contributed by atoms with E-state index in [0.29, 0.717) is 24.0 Å². The van der Waals surface area contributed by atoms with Gasteiger partial charge in [-0.3, -0.25) is 14.7 Å². The smallest absolute Gasteiger partial charge is 0.291 e. The maximum atomic E-state index is 12.5. The average molecular weight is 356 g/mol. The van der Waals surface area contributed by atoms with Gasteiger partial charge in [0.2, 0.25) is 5.76 Å². The molecule has 2 aromatic rings. The maximum absolute atomic E-state index is 12.5. The molecule has 4 rings (SSSR count). The minimum atomic E-state index is -0.0589. The second-order valence-electron chi connectivity index (χ2n) is 7.47. The zero-order chi connectivity index (χ0) is 18.1. The Labute approximate surface area is 153 Å². The van der Waals surface area contributed by atoms with Crippen LogP contribution >= 0.6 is 0 Å². The normalized spacial score (nSPS) is 21.9. The number of aromatic nitrogens is 2. The monoisotopic (exact) mass is 356 g/mol. The van der Waals surface area contributed by atoms with Gasteiger partial charge < -0.3 is 14.1 Å². The molecule has 1 atom stereocenters. The Morgan fingerprint density at radius 2 is 2.15 bits per heavy atom. The summed E-state index contributed by atoms with van der Waals surface area (Å²) >= 11 is 0. The van der Waals surface area contributed by atoms with Gasteiger partial charge in [-0.25, -0.2) is 4.98 Å². The Kier molecular flexibility index (Phi) is 4.50. The number of aryl methyl sites for hydroxylation is 1. The van der Waals surface area contributed by atoms with Crippen LogP contribution in [0.2, 0.25) is 0 Å². The third kappa shape index (κ3) is 3.12. The van der Waals surface area contributed by atoms with Gasteiger partial charge in [-0.1, -0.05) is 0 Å². The van der Waals surface area contributed by atoms with Crippen molar-refractivity contribution in [1.29, 1.82) is 0 Å². The van der Waals surface area contributed by atoms with Gasteiger partial charge in [0, 0.05) is 32.0 Å². The molecule has 0 saturated carbocycles. The lowest BCUT2D eigenvalue weighted by Crippen LogP contribution is -2.68. The van der Waals surface area contributed by atoms with E-state index in [0.717, 1.165) is 38.2 Å². The molecular formula is C19H24N4O3. The van der Waals surface area contributed by atoms with Crippen molar-refractivity contribution in [3.8, 4) is 0 Å². The quantitative estimate of drug-likeness (QED) is 0.813. The van der Waals surface area contributed by atoms with Crippen LogP contribution in [0.1, 0.15) is 28.2 Å². The van der Waals surface area contributed by atoms with Crippen molar-refractivity contribution in [2.75, 3.05) is 33.3 Å². The van der Waals surface area contributed by atoms with E-state index in [1.165, 1.54) is 6.39 Å². The molecule has 138 valence electrons. The molecule has 2 saturated heterocycles. The molecule has 4 heterocycles. The third-order valence-electron chi connectivity index (χ3n) is 5.58. The second-order valence-corrected chi connectivity index (χ2v) is 7.47. The Morgan fingerprint density at radius 3 is 2.85 bits per heavy atom. The number of pyridine rings is 1. The van der Waals surface area contributed by atoms with Crippen molar-refractivity contribution in [1.82, 2.24) is 19.8 Å². The Hall–Kier alpha value is -2.25. The van der Waals surface area contributed by atoms with Crippen LogP contribution in [0.15, 0.2) is 35.3 Å². The highest BCUT2D eigenvalue weighted by Crippen LogP contribution is 2.40. The molecule has 0 unspecified atom stereocenters. The van der Waals surface area contributed by atoms with Crippen LogP contribution in [-0.4, -0.2) is 64.5 Å². The van der Waals surface area contributed by atoms with Crippen molar-refractivity contribution >= 4 is 5.91 Å². The van der Waals surface area contributed by atoms with Crippen molar-refractivity contribution in [3.63, 3.8) is 0 Å². The molecular weight excluding hydrogens is 332 g/mol. The SMILES string of the molecule is Cc1ncoc1C(=O)N1CC2(C[C@@H](COCc3ccncc3)CN2C)C1. The number of amides is 1. The Morgan fingerprint density at radius 1 is 1.38 bits per heavy atom. The zero-order valence-corrected chi connectivity index (χ0v) is 15.2. The molecule has 0 bridgehead atoms. The molecule has 26 heavy (non-hydrogen) atoms. The van der Waals surface area contributed by atoms with Gasteiger partial charge in [-0.2, -0.15) is 0 Å². The first-order valence-corrected chi connectivity index (χ1v) is 8.95.